The standard InChI is InChI=1S/C20H27N5O2/c26-19(3-9-27-14-16-2-4-21-16)24-7-8-25-18(13-24)11-15-10-17(12-22-20(15)25)23-5-1-6-23/h10-12,16,21H,1-9,13-14H2. The van der Waals surface area contributed by atoms with Gasteiger partial charge in [0.15, 0.2) is 0 Å². The second-order valence-electron chi connectivity index (χ2n) is 7.81. The molecule has 7 heteroatoms. The third-order valence-electron chi connectivity index (χ3n) is 6.03. The summed E-state index contributed by atoms with van der Waals surface area (Å²) in [5, 5.41) is 4.49. The van der Waals surface area contributed by atoms with E-state index in [9.17, 15) is 4.79 Å². The Morgan fingerprint density at radius 1 is 1.26 bits per heavy atom. The van der Waals surface area contributed by atoms with E-state index < -0.39 is 0 Å². The van der Waals surface area contributed by atoms with Gasteiger partial charge in [-0.05, 0) is 31.5 Å². The zero-order chi connectivity index (χ0) is 18.2. The van der Waals surface area contributed by atoms with E-state index in [0.717, 1.165) is 38.4 Å². The first-order valence-corrected chi connectivity index (χ1v) is 10.1. The first-order valence-electron chi connectivity index (χ1n) is 10.1. The molecule has 2 saturated heterocycles. The van der Waals surface area contributed by atoms with Gasteiger partial charge in [0.25, 0.3) is 0 Å². The van der Waals surface area contributed by atoms with Gasteiger partial charge < -0.3 is 24.4 Å². The van der Waals surface area contributed by atoms with Crippen LogP contribution in [-0.2, 0) is 22.6 Å². The third kappa shape index (κ3) is 3.30. The van der Waals surface area contributed by atoms with Gasteiger partial charge in [-0.25, -0.2) is 4.98 Å². The van der Waals surface area contributed by atoms with Crippen LogP contribution < -0.4 is 10.2 Å². The van der Waals surface area contributed by atoms with E-state index in [2.05, 4.69) is 26.9 Å². The first kappa shape index (κ1) is 17.0. The van der Waals surface area contributed by atoms with Crippen LogP contribution in [0, 0.1) is 0 Å². The highest BCUT2D eigenvalue weighted by atomic mass is 16.5. The zero-order valence-electron chi connectivity index (χ0n) is 15.7. The highest BCUT2D eigenvalue weighted by Crippen LogP contribution is 2.28. The molecule has 0 radical (unpaired) electrons. The van der Waals surface area contributed by atoms with Gasteiger partial charge in [-0.3, -0.25) is 4.79 Å². The van der Waals surface area contributed by atoms with E-state index in [0.29, 0.717) is 32.2 Å². The Labute approximate surface area is 159 Å². The van der Waals surface area contributed by atoms with Gasteiger partial charge >= 0.3 is 0 Å². The molecule has 1 N–H and O–H groups in total. The molecule has 5 heterocycles. The quantitative estimate of drug-likeness (QED) is 0.779. The highest BCUT2D eigenvalue weighted by Gasteiger charge is 2.24. The summed E-state index contributed by atoms with van der Waals surface area (Å²) in [6.07, 6.45) is 4.89. The van der Waals surface area contributed by atoms with Crippen LogP contribution in [-0.4, -0.2) is 65.8 Å². The normalized spacial score (nSPS) is 21.7. The van der Waals surface area contributed by atoms with E-state index in [1.54, 1.807) is 0 Å². The van der Waals surface area contributed by atoms with Crippen LogP contribution in [0.5, 0.6) is 0 Å². The average molecular weight is 369 g/mol. The molecule has 1 amide bonds. The number of nitrogens with zero attached hydrogens (tertiary/aromatic N) is 4. The SMILES string of the molecule is O=C(CCOCC1CCN1)N1CCn2c(cc3cc(N4CCC4)cnc32)C1. The molecule has 0 aromatic carbocycles. The molecule has 3 aliphatic heterocycles. The van der Waals surface area contributed by atoms with Crippen molar-refractivity contribution in [1.82, 2.24) is 19.8 Å². The number of aromatic nitrogens is 2. The van der Waals surface area contributed by atoms with E-state index >= 15 is 0 Å². The first-order chi connectivity index (χ1) is 13.3. The second kappa shape index (κ2) is 7.13. The lowest BCUT2D eigenvalue weighted by Crippen LogP contribution is -2.46. The number of anilines is 1. The molecule has 2 aromatic heterocycles. The van der Waals surface area contributed by atoms with Crippen molar-refractivity contribution in [3.8, 4) is 0 Å². The molecule has 2 fully saturated rings. The average Bonchev–Trinajstić information content (AvgIpc) is 2.95. The van der Waals surface area contributed by atoms with E-state index in [4.69, 9.17) is 9.72 Å². The predicted octanol–water partition coefficient (Wildman–Crippen LogP) is 1.36. The van der Waals surface area contributed by atoms with Crippen LogP contribution in [0.2, 0.25) is 0 Å². The molecule has 0 aliphatic carbocycles. The number of pyridine rings is 1. The summed E-state index contributed by atoms with van der Waals surface area (Å²) in [4.78, 5) is 21.6. The molecule has 144 valence electrons. The molecule has 0 bridgehead atoms. The number of rotatable bonds is 6. The van der Waals surface area contributed by atoms with Crippen LogP contribution in [0.4, 0.5) is 5.69 Å². The van der Waals surface area contributed by atoms with Crippen molar-refractivity contribution >= 4 is 22.6 Å². The minimum atomic E-state index is 0.183. The Bertz CT molecular complexity index is 840. The van der Waals surface area contributed by atoms with Crippen molar-refractivity contribution in [3.63, 3.8) is 0 Å². The van der Waals surface area contributed by atoms with Gasteiger partial charge in [0.1, 0.15) is 5.65 Å². The Morgan fingerprint density at radius 2 is 2.15 bits per heavy atom. The van der Waals surface area contributed by atoms with Gasteiger partial charge in [0.2, 0.25) is 5.91 Å². The summed E-state index contributed by atoms with van der Waals surface area (Å²) < 4.78 is 7.90. The van der Waals surface area contributed by atoms with Crippen molar-refractivity contribution in [2.45, 2.75) is 38.4 Å². The lowest BCUT2D eigenvalue weighted by molar-refractivity contribution is -0.133. The van der Waals surface area contributed by atoms with Crippen molar-refractivity contribution in [2.75, 3.05) is 44.3 Å². The lowest BCUT2D eigenvalue weighted by Gasteiger charge is -2.32. The molecule has 27 heavy (non-hydrogen) atoms. The van der Waals surface area contributed by atoms with Gasteiger partial charge in [-0.2, -0.15) is 0 Å². The highest BCUT2D eigenvalue weighted by molar-refractivity contribution is 5.82. The fourth-order valence-corrected chi connectivity index (χ4v) is 4.06. The maximum atomic E-state index is 12.5. The van der Waals surface area contributed by atoms with E-state index in [1.807, 2.05) is 11.1 Å². The van der Waals surface area contributed by atoms with Gasteiger partial charge in [0, 0.05) is 43.3 Å². The monoisotopic (exact) mass is 369 g/mol. The Hall–Kier alpha value is -2.12. The minimum absolute atomic E-state index is 0.183. The van der Waals surface area contributed by atoms with Crippen LogP contribution in [0.1, 0.15) is 25.0 Å². The van der Waals surface area contributed by atoms with Crippen LogP contribution in [0.15, 0.2) is 18.3 Å². The van der Waals surface area contributed by atoms with Gasteiger partial charge in [-0.1, -0.05) is 0 Å². The van der Waals surface area contributed by atoms with E-state index in [-0.39, 0.29) is 5.91 Å². The van der Waals surface area contributed by atoms with Crippen LogP contribution >= 0.6 is 0 Å². The number of hydrogen-bond donors (Lipinski definition) is 1. The molecule has 5 rings (SSSR count). The minimum Gasteiger partial charge on any atom is -0.379 e. The third-order valence-corrected chi connectivity index (χ3v) is 6.03. The van der Waals surface area contributed by atoms with Gasteiger partial charge in [0.05, 0.1) is 38.1 Å². The summed E-state index contributed by atoms with van der Waals surface area (Å²) in [5.41, 5.74) is 3.43. The largest absolute Gasteiger partial charge is 0.379 e. The Kier molecular flexibility index (Phi) is 4.49. The molecule has 1 unspecified atom stereocenters. The predicted molar refractivity (Wildman–Crippen MR) is 104 cm³/mol. The number of ether oxygens (including phenoxy) is 1. The fraction of sp³-hybridized carbons (Fsp3) is 0.600. The van der Waals surface area contributed by atoms with Crippen LogP contribution in [0.25, 0.3) is 11.0 Å². The smallest absolute Gasteiger partial charge is 0.225 e. The Morgan fingerprint density at radius 3 is 2.89 bits per heavy atom. The second-order valence-corrected chi connectivity index (χ2v) is 7.81. The van der Waals surface area contributed by atoms with Crippen molar-refractivity contribution in [1.29, 1.82) is 0 Å². The molecule has 7 nitrogen and oxygen atoms in total. The summed E-state index contributed by atoms with van der Waals surface area (Å²) in [6, 6.07) is 4.92. The maximum Gasteiger partial charge on any atom is 0.225 e. The van der Waals surface area contributed by atoms with Gasteiger partial charge in [-0.15, -0.1) is 0 Å². The molecule has 1 atom stereocenters. The molecule has 3 aliphatic rings. The van der Waals surface area contributed by atoms with Crippen LogP contribution in [0.3, 0.4) is 0 Å². The fourth-order valence-electron chi connectivity index (χ4n) is 4.06. The lowest BCUT2D eigenvalue weighted by atomic mass is 10.1. The Balaban J connectivity index is 1.21. The number of amides is 1. The van der Waals surface area contributed by atoms with Crippen molar-refractivity contribution in [2.24, 2.45) is 0 Å². The molecular formula is C20H27N5O2. The summed E-state index contributed by atoms with van der Waals surface area (Å²) in [7, 11) is 0. The van der Waals surface area contributed by atoms with Crippen molar-refractivity contribution in [3.05, 3.63) is 24.0 Å². The number of carbonyl (C=O) groups is 1. The summed E-state index contributed by atoms with van der Waals surface area (Å²) >= 11 is 0. The molecular weight excluding hydrogens is 342 g/mol. The molecule has 2 aromatic rings. The van der Waals surface area contributed by atoms with Crippen molar-refractivity contribution < 1.29 is 9.53 Å². The number of hydrogen-bond acceptors (Lipinski definition) is 5. The maximum absolute atomic E-state index is 12.5. The van der Waals surface area contributed by atoms with E-state index in [1.165, 1.54) is 29.6 Å². The molecule has 0 spiro atoms. The molecule has 0 saturated carbocycles. The summed E-state index contributed by atoms with van der Waals surface area (Å²) in [6.45, 7) is 6.79. The number of fused-ring (bicyclic) bond motifs is 3. The zero-order valence-corrected chi connectivity index (χ0v) is 15.7. The topological polar surface area (TPSA) is 62.6 Å². The summed E-state index contributed by atoms with van der Waals surface area (Å²) in [5.74, 6) is 0.183. The number of nitrogens with one attached hydrogen (secondary N) is 1. The number of carbonyl (C=O) groups excluding carboxylic acids is 1.